The summed E-state index contributed by atoms with van der Waals surface area (Å²) in [5, 5.41) is 7.33. The van der Waals surface area contributed by atoms with Gasteiger partial charge >= 0.3 is 0 Å². The molecule has 1 aromatic carbocycles. The van der Waals surface area contributed by atoms with E-state index in [0.717, 1.165) is 23.5 Å². The highest BCUT2D eigenvalue weighted by molar-refractivity contribution is 7.80. The molecule has 0 aliphatic carbocycles. The number of hydrogen-bond acceptors (Lipinski definition) is 3. The highest BCUT2D eigenvalue weighted by atomic mass is 32.1. The van der Waals surface area contributed by atoms with E-state index < -0.39 is 0 Å². The van der Waals surface area contributed by atoms with E-state index in [1.807, 2.05) is 18.2 Å². The number of hydrogen-bond donors (Lipinski definition) is 2. The summed E-state index contributed by atoms with van der Waals surface area (Å²) in [7, 11) is 0. The van der Waals surface area contributed by atoms with Crippen LogP contribution >= 0.6 is 12.2 Å². The fourth-order valence-electron chi connectivity index (χ4n) is 2.95. The van der Waals surface area contributed by atoms with Gasteiger partial charge < -0.3 is 20.1 Å². The largest absolute Gasteiger partial charge is 0.454 e. The smallest absolute Gasteiger partial charge is 0.231 e. The van der Waals surface area contributed by atoms with E-state index >= 15 is 0 Å². The minimum absolute atomic E-state index is 0.0444. The molecular weight excluding hydrogens is 296 g/mol. The zero-order valence-corrected chi connectivity index (χ0v) is 14.9. The number of nitrogens with one attached hydrogen (secondary N) is 2. The molecule has 0 unspecified atom stereocenters. The van der Waals surface area contributed by atoms with Crippen LogP contribution in [0.3, 0.4) is 0 Å². The second kappa shape index (κ2) is 6.32. The second-order valence-electron chi connectivity index (χ2n) is 7.62. The van der Waals surface area contributed by atoms with Crippen molar-refractivity contribution < 1.29 is 9.47 Å². The molecule has 0 bridgehead atoms. The summed E-state index contributed by atoms with van der Waals surface area (Å²) in [6.07, 6.45) is 1.03. The Kier molecular flexibility index (Phi) is 4.85. The van der Waals surface area contributed by atoms with Gasteiger partial charge in [0, 0.05) is 12.1 Å². The normalized spacial score (nSPS) is 13.9. The van der Waals surface area contributed by atoms with Gasteiger partial charge in [-0.05, 0) is 55.6 Å². The first kappa shape index (κ1) is 16.9. The van der Waals surface area contributed by atoms with Crippen LogP contribution in [0.1, 0.15) is 46.6 Å². The minimum atomic E-state index is -0.0444. The predicted octanol–water partition coefficient (Wildman–Crippen LogP) is 3.59. The van der Waals surface area contributed by atoms with Crippen LogP contribution in [0, 0.1) is 5.41 Å². The molecule has 22 heavy (non-hydrogen) atoms. The lowest BCUT2D eigenvalue weighted by molar-refractivity contribution is 0.174. The van der Waals surface area contributed by atoms with Crippen LogP contribution in [0.4, 0.5) is 0 Å². The minimum Gasteiger partial charge on any atom is -0.454 e. The maximum atomic E-state index is 5.41. The van der Waals surface area contributed by atoms with Gasteiger partial charge in [0.05, 0.1) is 0 Å². The lowest BCUT2D eigenvalue weighted by Gasteiger charge is -2.34. The summed E-state index contributed by atoms with van der Waals surface area (Å²) < 4.78 is 10.7. The van der Waals surface area contributed by atoms with E-state index in [1.165, 1.54) is 0 Å². The van der Waals surface area contributed by atoms with E-state index in [0.29, 0.717) is 18.5 Å². The summed E-state index contributed by atoms with van der Waals surface area (Å²) in [6.45, 7) is 12.0. The van der Waals surface area contributed by atoms with Gasteiger partial charge in [0.2, 0.25) is 6.79 Å². The highest BCUT2D eigenvalue weighted by Gasteiger charge is 2.25. The Labute approximate surface area is 138 Å². The number of benzene rings is 1. The first-order valence-corrected chi connectivity index (χ1v) is 8.00. The van der Waals surface area contributed by atoms with E-state index in [4.69, 9.17) is 21.7 Å². The van der Waals surface area contributed by atoms with Gasteiger partial charge in [-0.2, -0.15) is 0 Å². The third-order valence-electron chi connectivity index (χ3n) is 3.31. The Morgan fingerprint density at radius 3 is 2.50 bits per heavy atom. The van der Waals surface area contributed by atoms with Crippen LogP contribution in [0.5, 0.6) is 11.5 Å². The van der Waals surface area contributed by atoms with Gasteiger partial charge in [0.1, 0.15) is 0 Å². The zero-order chi connectivity index (χ0) is 16.4. The molecule has 0 aromatic heterocycles. The number of rotatable bonds is 4. The molecule has 0 saturated heterocycles. The first-order chi connectivity index (χ1) is 10.1. The van der Waals surface area contributed by atoms with Crippen LogP contribution in [0.2, 0.25) is 0 Å². The van der Waals surface area contributed by atoms with Crippen molar-refractivity contribution in [1.82, 2.24) is 10.6 Å². The summed E-state index contributed by atoms with van der Waals surface area (Å²) in [4.78, 5) is 0. The Hall–Kier alpha value is -1.49. The molecule has 0 radical (unpaired) electrons. The van der Waals surface area contributed by atoms with Gasteiger partial charge in [-0.25, -0.2) is 0 Å². The lowest BCUT2D eigenvalue weighted by atomic mass is 9.82. The SMILES string of the molecule is CC(C)(C)CC(C)(C)NC(=S)NCc1ccc2c(c1)OCO2. The molecule has 0 atom stereocenters. The molecule has 0 spiro atoms. The Bertz CT molecular complexity index is 550. The first-order valence-electron chi connectivity index (χ1n) is 7.59. The fourth-order valence-corrected chi connectivity index (χ4v) is 3.30. The summed E-state index contributed by atoms with van der Waals surface area (Å²) in [6, 6.07) is 5.93. The van der Waals surface area contributed by atoms with Crippen molar-refractivity contribution in [2.24, 2.45) is 5.41 Å². The molecule has 0 amide bonds. The average Bonchev–Trinajstić information content (AvgIpc) is 2.79. The molecular formula is C17H26N2O2S. The molecule has 1 heterocycles. The molecule has 122 valence electrons. The monoisotopic (exact) mass is 322 g/mol. The van der Waals surface area contributed by atoms with E-state index in [9.17, 15) is 0 Å². The number of ether oxygens (including phenoxy) is 2. The summed E-state index contributed by atoms with van der Waals surface area (Å²) in [5.74, 6) is 1.60. The van der Waals surface area contributed by atoms with Crippen molar-refractivity contribution in [3.63, 3.8) is 0 Å². The van der Waals surface area contributed by atoms with Crippen LogP contribution in [-0.4, -0.2) is 17.4 Å². The molecule has 2 rings (SSSR count). The van der Waals surface area contributed by atoms with Crippen molar-refractivity contribution in [1.29, 1.82) is 0 Å². The molecule has 0 fully saturated rings. The van der Waals surface area contributed by atoms with E-state index in [1.54, 1.807) is 0 Å². The van der Waals surface area contributed by atoms with Crippen molar-refractivity contribution >= 4 is 17.3 Å². The molecule has 1 aliphatic heterocycles. The van der Waals surface area contributed by atoms with E-state index in [2.05, 4.69) is 45.3 Å². The van der Waals surface area contributed by atoms with Crippen LogP contribution in [0.25, 0.3) is 0 Å². The molecule has 4 nitrogen and oxygen atoms in total. The second-order valence-corrected chi connectivity index (χ2v) is 8.02. The quantitative estimate of drug-likeness (QED) is 0.829. The van der Waals surface area contributed by atoms with Crippen molar-refractivity contribution in [2.75, 3.05) is 6.79 Å². The Balaban J connectivity index is 1.85. The predicted molar refractivity (Wildman–Crippen MR) is 93.3 cm³/mol. The molecule has 1 aliphatic rings. The maximum absolute atomic E-state index is 5.41. The van der Waals surface area contributed by atoms with Crippen LogP contribution in [0.15, 0.2) is 18.2 Å². The zero-order valence-electron chi connectivity index (χ0n) is 14.1. The van der Waals surface area contributed by atoms with E-state index in [-0.39, 0.29) is 11.0 Å². The Morgan fingerprint density at radius 1 is 1.14 bits per heavy atom. The molecule has 5 heteroatoms. The average molecular weight is 322 g/mol. The Morgan fingerprint density at radius 2 is 1.82 bits per heavy atom. The third kappa shape index (κ3) is 5.05. The highest BCUT2D eigenvalue weighted by Crippen LogP contribution is 2.32. The van der Waals surface area contributed by atoms with Crippen LogP contribution in [-0.2, 0) is 6.54 Å². The molecule has 1 aromatic rings. The number of thiocarbonyl (C=S) groups is 1. The van der Waals surface area contributed by atoms with Crippen LogP contribution < -0.4 is 20.1 Å². The number of fused-ring (bicyclic) bond motifs is 1. The molecule has 2 N–H and O–H groups in total. The van der Waals surface area contributed by atoms with Crippen molar-refractivity contribution in [2.45, 2.75) is 53.1 Å². The third-order valence-corrected chi connectivity index (χ3v) is 3.56. The molecule has 0 saturated carbocycles. The standard InChI is InChI=1S/C17H26N2O2S/c1-16(2,3)10-17(4,5)19-15(22)18-9-12-6-7-13-14(8-12)21-11-20-13/h6-8H,9-11H2,1-5H3,(H2,18,19,22). The lowest BCUT2D eigenvalue weighted by Crippen LogP contribution is -2.49. The van der Waals surface area contributed by atoms with Gasteiger partial charge in [-0.15, -0.1) is 0 Å². The van der Waals surface area contributed by atoms with Gasteiger partial charge in [0.15, 0.2) is 16.6 Å². The van der Waals surface area contributed by atoms with Gasteiger partial charge in [-0.3, -0.25) is 0 Å². The topological polar surface area (TPSA) is 42.5 Å². The summed E-state index contributed by atoms with van der Waals surface area (Å²) >= 11 is 5.41. The van der Waals surface area contributed by atoms with Gasteiger partial charge in [0.25, 0.3) is 0 Å². The fraction of sp³-hybridized carbons (Fsp3) is 0.588. The maximum Gasteiger partial charge on any atom is 0.231 e. The van der Waals surface area contributed by atoms with Crippen molar-refractivity contribution in [3.05, 3.63) is 23.8 Å². The summed E-state index contributed by atoms with van der Waals surface area (Å²) in [5.41, 5.74) is 1.32. The van der Waals surface area contributed by atoms with Crippen molar-refractivity contribution in [3.8, 4) is 11.5 Å². The van der Waals surface area contributed by atoms with Gasteiger partial charge in [-0.1, -0.05) is 26.8 Å².